The number of rotatable bonds is 1. The number of hydrogen-bond donors (Lipinski definition) is 3. The van der Waals surface area contributed by atoms with Crippen molar-refractivity contribution in [2.45, 2.75) is 30.7 Å². The monoisotopic (exact) mass is 297 g/mol. The molecule has 1 aromatic carbocycles. The Bertz CT molecular complexity index is 712. The summed E-state index contributed by atoms with van der Waals surface area (Å²) in [5.41, 5.74) is 4.44. The van der Waals surface area contributed by atoms with Crippen LogP contribution in [-0.4, -0.2) is 21.3 Å². The van der Waals surface area contributed by atoms with Gasteiger partial charge < -0.3 is 10.8 Å². The minimum atomic E-state index is -4.46. The van der Waals surface area contributed by atoms with Crippen molar-refractivity contribution in [3.63, 3.8) is 0 Å². The van der Waals surface area contributed by atoms with Gasteiger partial charge in [-0.15, -0.1) is 0 Å². The van der Waals surface area contributed by atoms with Crippen LogP contribution < -0.4 is 5.73 Å². The van der Waals surface area contributed by atoms with Crippen LogP contribution in [0, 0.1) is 11.8 Å². The number of nitrogens with two attached hydrogens (primary N) is 1. The molecule has 2 saturated carbocycles. The third-order valence-electron chi connectivity index (χ3n) is 4.93. The lowest BCUT2D eigenvalue weighted by Crippen LogP contribution is -2.28. The first kappa shape index (κ1) is 13.1. The highest BCUT2D eigenvalue weighted by Crippen LogP contribution is 2.59. The Morgan fingerprint density at radius 2 is 1.95 bits per heavy atom. The molecule has 2 aliphatic carbocycles. The van der Waals surface area contributed by atoms with Crippen LogP contribution in [0.25, 0.3) is 10.9 Å². The van der Waals surface area contributed by atoms with Crippen molar-refractivity contribution >= 4 is 10.9 Å². The molecule has 112 valence electrons. The zero-order valence-electron chi connectivity index (χ0n) is 11.0. The zero-order chi connectivity index (χ0) is 15.0. The van der Waals surface area contributed by atoms with Crippen molar-refractivity contribution in [2.75, 3.05) is 0 Å². The molecule has 2 aliphatic rings. The third-order valence-corrected chi connectivity index (χ3v) is 4.93. The summed E-state index contributed by atoms with van der Waals surface area (Å²) in [4.78, 5) is 0. The molecule has 0 bridgehead atoms. The van der Waals surface area contributed by atoms with Crippen LogP contribution in [-0.2, 0) is 11.8 Å². The summed E-state index contributed by atoms with van der Waals surface area (Å²) in [6.45, 7) is 0. The Balaban J connectivity index is 1.86. The van der Waals surface area contributed by atoms with E-state index in [2.05, 4.69) is 10.2 Å². The van der Waals surface area contributed by atoms with Crippen LogP contribution in [0.3, 0.4) is 0 Å². The van der Waals surface area contributed by atoms with Gasteiger partial charge in [0.15, 0.2) is 0 Å². The molecule has 0 radical (unpaired) electrons. The molecule has 2 aromatic rings. The van der Waals surface area contributed by atoms with Crippen molar-refractivity contribution in [2.24, 2.45) is 17.6 Å². The number of hydrogen-bond acceptors (Lipinski definition) is 3. The Morgan fingerprint density at radius 1 is 1.29 bits per heavy atom. The first-order valence-corrected chi connectivity index (χ1v) is 6.82. The second-order valence-corrected chi connectivity index (χ2v) is 6.20. The fraction of sp³-hybridized carbons (Fsp3) is 0.500. The number of nitrogens with one attached hydrogen (secondary N) is 1. The van der Waals surface area contributed by atoms with Gasteiger partial charge in [-0.3, -0.25) is 5.10 Å². The van der Waals surface area contributed by atoms with Crippen molar-refractivity contribution in [1.82, 2.24) is 10.2 Å². The van der Waals surface area contributed by atoms with Crippen LogP contribution in [0.2, 0.25) is 0 Å². The number of benzene rings is 1. The zero-order valence-corrected chi connectivity index (χ0v) is 11.0. The number of halogens is 3. The summed E-state index contributed by atoms with van der Waals surface area (Å²) >= 11 is 0. The van der Waals surface area contributed by atoms with Crippen LogP contribution in [0.15, 0.2) is 18.3 Å². The Labute approximate surface area is 118 Å². The number of fused-ring (bicyclic) bond motifs is 2. The van der Waals surface area contributed by atoms with Crippen molar-refractivity contribution in [3.05, 3.63) is 29.5 Å². The fourth-order valence-electron chi connectivity index (χ4n) is 3.73. The highest BCUT2D eigenvalue weighted by Gasteiger charge is 2.60. The van der Waals surface area contributed by atoms with Gasteiger partial charge in [0.1, 0.15) is 0 Å². The third kappa shape index (κ3) is 1.80. The van der Waals surface area contributed by atoms with E-state index < -0.39 is 17.3 Å². The number of nitrogens with zero attached hydrogens (tertiary/aromatic N) is 1. The summed E-state index contributed by atoms with van der Waals surface area (Å²) in [5.74, 6) is 0.429. The van der Waals surface area contributed by atoms with E-state index in [1.165, 1.54) is 6.20 Å². The highest BCUT2D eigenvalue weighted by molar-refractivity contribution is 5.83. The molecule has 0 aliphatic heterocycles. The minimum absolute atomic E-state index is 0.0796. The van der Waals surface area contributed by atoms with Gasteiger partial charge in [0.2, 0.25) is 0 Å². The van der Waals surface area contributed by atoms with Crippen LogP contribution in [0.5, 0.6) is 0 Å². The van der Waals surface area contributed by atoms with Crippen LogP contribution in [0.1, 0.15) is 24.0 Å². The second-order valence-electron chi connectivity index (χ2n) is 6.20. The molecule has 4 rings (SSSR count). The topological polar surface area (TPSA) is 74.9 Å². The lowest BCUT2D eigenvalue weighted by atomic mass is 9.85. The van der Waals surface area contributed by atoms with Gasteiger partial charge in [0.25, 0.3) is 0 Å². The maximum absolute atomic E-state index is 13.0. The molecule has 0 saturated heterocycles. The van der Waals surface area contributed by atoms with E-state index in [-0.39, 0.29) is 23.4 Å². The number of H-pyrrole nitrogens is 1. The minimum Gasteiger partial charge on any atom is -0.385 e. The van der Waals surface area contributed by atoms with E-state index in [0.717, 1.165) is 12.1 Å². The van der Waals surface area contributed by atoms with Crippen molar-refractivity contribution in [1.29, 1.82) is 0 Å². The molecule has 4 N–H and O–H groups in total. The second kappa shape index (κ2) is 3.78. The van der Waals surface area contributed by atoms with Gasteiger partial charge in [0.05, 0.1) is 22.9 Å². The molecule has 4 nitrogen and oxygen atoms in total. The lowest BCUT2D eigenvalue weighted by Gasteiger charge is -2.27. The maximum atomic E-state index is 13.0. The largest absolute Gasteiger partial charge is 0.416 e. The molecular formula is C14H14F3N3O. The van der Waals surface area contributed by atoms with E-state index in [1.807, 2.05) is 0 Å². The van der Waals surface area contributed by atoms with Gasteiger partial charge in [-0.25, -0.2) is 0 Å². The predicted molar refractivity (Wildman–Crippen MR) is 69.2 cm³/mol. The molecule has 0 spiro atoms. The van der Waals surface area contributed by atoms with E-state index in [0.29, 0.717) is 23.8 Å². The smallest absolute Gasteiger partial charge is 0.385 e. The predicted octanol–water partition coefficient (Wildman–Crippen LogP) is 2.14. The van der Waals surface area contributed by atoms with Crippen molar-refractivity contribution < 1.29 is 18.3 Å². The van der Waals surface area contributed by atoms with Gasteiger partial charge in [-0.1, -0.05) is 0 Å². The summed E-state index contributed by atoms with van der Waals surface area (Å²) in [5, 5.41) is 17.7. The molecule has 7 heteroatoms. The SMILES string of the molecule is NC1C2CC(O)(c3cc(C(F)(F)F)cc4[nH]ncc34)CC12. The highest BCUT2D eigenvalue weighted by atomic mass is 19.4. The molecule has 21 heavy (non-hydrogen) atoms. The normalized spacial score (nSPS) is 35.2. The number of alkyl halides is 3. The van der Waals surface area contributed by atoms with Gasteiger partial charge in [-0.05, 0) is 42.4 Å². The summed E-state index contributed by atoms with van der Waals surface area (Å²) in [6.07, 6.45) is -2.16. The molecule has 1 heterocycles. The molecule has 2 fully saturated rings. The quantitative estimate of drug-likeness (QED) is 0.755. The number of aromatic amines is 1. The molecule has 0 amide bonds. The molecule has 2 unspecified atom stereocenters. The van der Waals surface area contributed by atoms with Crippen LogP contribution >= 0.6 is 0 Å². The summed E-state index contributed by atoms with van der Waals surface area (Å²) in [6, 6.07) is 2.15. The standard InChI is InChI=1S/C14H14F3N3O/c15-14(16,17)6-1-10(9-5-19-20-11(9)2-6)13(21)3-7-8(4-13)12(7)18/h1-2,5,7-8,12,21H,3-4,18H2,(H,19,20). The molecule has 2 atom stereocenters. The lowest BCUT2D eigenvalue weighted by molar-refractivity contribution is -0.137. The fourth-order valence-corrected chi connectivity index (χ4v) is 3.73. The number of aromatic nitrogens is 2. The summed E-state index contributed by atoms with van der Waals surface area (Å²) < 4.78 is 39.1. The average Bonchev–Trinajstić information content (AvgIpc) is 2.86. The van der Waals surface area contributed by atoms with E-state index in [9.17, 15) is 18.3 Å². The Hall–Kier alpha value is -1.60. The average molecular weight is 297 g/mol. The van der Waals surface area contributed by atoms with Crippen molar-refractivity contribution in [3.8, 4) is 0 Å². The molecule has 1 aromatic heterocycles. The van der Waals surface area contributed by atoms with Gasteiger partial charge in [-0.2, -0.15) is 18.3 Å². The number of aliphatic hydroxyl groups is 1. The first-order chi connectivity index (χ1) is 9.79. The van der Waals surface area contributed by atoms with E-state index >= 15 is 0 Å². The van der Waals surface area contributed by atoms with E-state index in [1.54, 1.807) is 0 Å². The van der Waals surface area contributed by atoms with E-state index in [4.69, 9.17) is 5.73 Å². The van der Waals surface area contributed by atoms with Gasteiger partial charge >= 0.3 is 6.18 Å². The molecular weight excluding hydrogens is 283 g/mol. The van der Waals surface area contributed by atoms with Crippen LogP contribution in [0.4, 0.5) is 13.2 Å². The first-order valence-electron chi connectivity index (χ1n) is 6.82. The Kier molecular flexibility index (Phi) is 2.35. The maximum Gasteiger partial charge on any atom is 0.416 e. The van der Waals surface area contributed by atoms with Gasteiger partial charge in [0, 0.05) is 11.4 Å². The summed E-state index contributed by atoms with van der Waals surface area (Å²) in [7, 11) is 0. The Morgan fingerprint density at radius 3 is 2.57 bits per heavy atom.